The minimum absolute atomic E-state index is 0.0466. The zero-order chi connectivity index (χ0) is 24.3. The van der Waals surface area contributed by atoms with Gasteiger partial charge in [-0.25, -0.2) is 0 Å². The number of fused-ring (bicyclic) bond motifs is 1. The van der Waals surface area contributed by atoms with Crippen LogP contribution in [0.2, 0.25) is 10.0 Å². The van der Waals surface area contributed by atoms with Crippen LogP contribution in [0.4, 0.5) is 0 Å². The Morgan fingerprint density at radius 1 is 1.33 bits per heavy atom. The molecule has 6 atom stereocenters. The molecule has 2 aliphatic rings. The average molecular weight is 496 g/mol. The first-order valence-corrected chi connectivity index (χ1v) is 12.4. The lowest BCUT2D eigenvalue weighted by Crippen LogP contribution is -2.56. The standard InChI is InChI=1S/C26H35Cl2NO4/c1-16-13-21-20(10-9-18(3)26(21,31)14-24(16)33-19(4)30)17(2)15-29(5)11-12-32-25-22(27)7-6-8-23(25)28/h6-8,13,17-18,20-21,24,31H,9-12,15H2,1-5H3/t17-,18-,20+,21-,24-,26-/m1/s1. The monoisotopic (exact) mass is 495 g/mol. The number of hydrogen-bond acceptors (Lipinski definition) is 5. The van der Waals surface area contributed by atoms with Crippen molar-refractivity contribution in [2.24, 2.45) is 23.7 Å². The number of para-hydroxylation sites is 1. The zero-order valence-corrected chi connectivity index (χ0v) is 21.6. The second kappa shape index (κ2) is 11.0. The van der Waals surface area contributed by atoms with E-state index in [9.17, 15) is 9.90 Å². The van der Waals surface area contributed by atoms with Crippen LogP contribution in [0.3, 0.4) is 0 Å². The number of carbonyl (C=O) groups is 1. The maximum Gasteiger partial charge on any atom is 0.303 e. The van der Waals surface area contributed by atoms with Gasteiger partial charge in [-0.2, -0.15) is 0 Å². The van der Waals surface area contributed by atoms with E-state index < -0.39 is 11.7 Å². The topological polar surface area (TPSA) is 59.0 Å². The van der Waals surface area contributed by atoms with Gasteiger partial charge < -0.3 is 19.5 Å². The van der Waals surface area contributed by atoms with E-state index in [4.69, 9.17) is 32.7 Å². The van der Waals surface area contributed by atoms with Crippen molar-refractivity contribution in [1.29, 1.82) is 0 Å². The molecule has 0 bridgehead atoms. The van der Waals surface area contributed by atoms with Crippen molar-refractivity contribution in [3.05, 3.63) is 46.3 Å². The number of benzene rings is 1. The lowest BCUT2D eigenvalue weighted by molar-refractivity contribution is -0.148. The number of likely N-dealkylation sites (N-methyl/N-ethyl adjacent to an activating group) is 1. The van der Waals surface area contributed by atoms with Gasteiger partial charge in [-0.05, 0) is 62.3 Å². The number of nitrogens with zero attached hydrogens (tertiary/aromatic N) is 1. The van der Waals surface area contributed by atoms with E-state index in [1.54, 1.807) is 18.2 Å². The molecule has 1 aromatic carbocycles. The summed E-state index contributed by atoms with van der Waals surface area (Å²) in [5, 5.41) is 12.6. The predicted molar refractivity (Wildman–Crippen MR) is 131 cm³/mol. The van der Waals surface area contributed by atoms with Crippen LogP contribution >= 0.6 is 23.2 Å². The molecule has 0 spiro atoms. The fourth-order valence-electron chi connectivity index (χ4n) is 5.25. The van der Waals surface area contributed by atoms with Crippen molar-refractivity contribution in [3.8, 4) is 5.75 Å². The molecule has 182 valence electrons. The Hall–Kier alpha value is -1.27. The third kappa shape index (κ3) is 6.05. The molecule has 1 saturated carbocycles. The lowest BCUT2D eigenvalue weighted by Gasteiger charge is -2.52. The molecule has 0 saturated heterocycles. The normalized spacial score (nSPS) is 30.4. The van der Waals surface area contributed by atoms with Gasteiger partial charge in [0, 0.05) is 25.9 Å². The summed E-state index contributed by atoms with van der Waals surface area (Å²) in [6.07, 6.45) is 6.73. The van der Waals surface area contributed by atoms with Gasteiger partial charge in [-0.3, -0.25) is 4.79 Å². The number of halogens is 2. The molecule has 2 radical (unpaired) electrons. The largest absolute Gasteiger partial charge is 0.489 e. The van der Waals surface area contributed by atoms with Crippen LogP contribution < -0.4 is 4.74 Å². The van der Waals surface area contributed by atoms with Crippen LogP contribution in [0.5, 0.6) is 5.75 Å². The van der Waals surface area contributed by atoms with Crippen molar-refractivity contribution < 1.29 is 19.4 Å². The summed E-state index contributed by atoms with van der Waals surface area (Å²) < 4.78 is 11.2. The van der Waals surface area contributed by atoms with Gasteiger partial charge in [0.25, 0.3) is 0 Å². The van der Waals surface area contributed by atoms with Crippen LogP contribution in [-0.4, -0.2) is 54.4 Å². The summed E-state index contributed by atoms with van der Waals surface area (Å²) in [7, 11) is 2.07. The first kappa shape index (κ1) is 26.3. The van der Waals surface area contributed by atoms with Crippen LogP contribution in [0.1, 0.15) is 40.5 Å². The molecule has 0 aromatic heterocycles. The first-order valence-electron chi connectivity index (χ1n) is 11.6. The molecule has 5 nitrogen and oxygen atoms in total. The Morgan fingerprint density at radius 2 is 2.00 bits per heavy atom. The number of ether oxygens (including phenoxy) is 2. The Morgan fingerprint density at radius 3 is 2.64 bits per heavy atom. The molecule has 2 aliphatic carbocycles. The van der Waals surface area contributed by atoms with Gasteiger partial charge in [0.15, 0.2) is 5.75 Å². The average Bonchev–Trinajstić information content (AvgIpc) is 2.72. The van der Waals surface area contributed by atoms with E-state index in [0.717, 1.165) is 31.5 Å². The Bertz CT molecular complexity index is 856. The summed E-state index contributed by atoms with van der Waals surface area (Å²) in [4.78, 5) is 13.7. The first-order chi connectivity index (χ1) is 15.5. The minimum Gasteiger partial charge on any atom is -0.489 e. The quantitative estimate of drug-likeness (QED) is 0.391. The maximum atomic E-state index is 11.6. The molecule has 0 aliphatic heterocycles. The molecule has 1 fully saturated rings. The van der Waals surface area contributed by atoms with Crippen molar-refractivity contribution >= 4 is 29.2 Å². The number of carbonyl (C=O) groups excluding carboxylic acids is 1. The molecule has 0 unspecified atom stereocenters. The van der Waals surface area contributed by atoms with Gasteiger partial charge in [-0.15, -0.1) is 0 Å². The lowest BCUT2D eigenvalue weighted by atomic mass is 9.57. The van der Waals surface area contributed by atoms with E-state index in [0.29, 0.717) is 34.2 Å². The maximum absolute atomic E-state index is 11.6. The van der Waals surface area contributed by atoms with Crippen molar-refractivity contribution in [1.82, 2.24) is 4.90 Å². The molecule has 1 N–H and O–H groups in total. The summed E-state index contributed by atoms with van der Waals surface area (Å²) >= 11 is 12.4. The molecule has 7 heteroatoms. The summed E-state index contributed by atoms with van der Waals surface area (Å²) in [6.45, 7) is 9.71. The Labute approximate surface area is 208 Å². The Balaban J connectivity index is 1.62. The van der Waals surface area contributed by atoms with E-state index in [1.807, 2.05) is 6.92 Å². The third-order valence-electron chi connectivity index (χ3n) is 7.12. The fraction of sp³-hybridized carbons (Fsp3) is 0.615. The van der Waals surface area contributed by atoms with Crippen LogP contribution in [-0.2, 0) is 9.53 Å². The van der Waals surface area contributed by atoms with E-state index in [-0.39, 0.29) is 17.8 Å². The van der Waals surface area contributed by atoms with E-state index in [2.05, 4.69) is 38.3 Å². The molecule has 1 aromatic rings. The molecule has 0 heterocycles. The smallest absolute Gasteiger partial charge is 0.303 e. The highest BCUT2D eigenvalue weighted by Gasteiger charge is 2.53. The van der Waals surface area contributed by atoms with Crippen molar-refractivity contribution in [2.75, 3.05) is 26.7 Å². The molecule has 0 amide bonds. The highest BCUT2D eigenvalue weighted by atomic mass is 35.5. The van der Waals surface area contributed by atoms with Crippen molar-refractivity contribution in [3.63, 3.8) is 0 Å². The molecular formula is C26H35Cl2NO4. The zero-order valence-electron chi connectivity index (χ0n) is 20.1. The van der Waals surface area contributed by atoms with Gasteiger partial charge in [0.2, 0.25) is 0 Å². The highest BCUT2D eigenvalue weighted by Crippen LogP contribution is 2.50. The fourth-order valence-corrected chi connectivity index (χ4v) is 5.76. The van der Waals surface area contributed by atoms with Gasteiger partial charge in [0.1, 0.15) is 12.7 Å². The van der Waals surface area contributed by atoms with Gasteiger partial charge in [0.05, 0.1) is 22.1 Å². The number of rotatable bonds is 8. The summed E-state index contributed by atoms with van der Waals surface area (Å²) in [5.74, 6) is 0.810. The van der Waals surface area contributed by atoms with Gasteiger partial charge >= 0.3 is 5.97 Å². The van der Waals surface area contributed by atoms with Crippen LogP contribution in [0.25, 0.3) is 0 Å². The SMILES string of the molecule is CC(=O)O[C@@H]1[C][C@@]2(O)[C@H](C)CC[C@@H]([C@H](C)CN(C)CCOc3c(Cl)cccc3Cl)[C@H]2C=C1C. The van der Waals surface area contributed by atoms with E-state index in [1.165, 1.54) is 6.92 Å². The number of esters is 1. The second-order valence-corrected chi connectivity index (χ2v) is 10.5. The summed E-state index contributed by atoms with van der Waals surface area (Å²) in [6, 6.07) is 5.32. The highest BCUT2D eigenvalue weighted by molar-refractivity contribution is 6.37. The third-order valence-corrected chi connectivity index (χ3v) is 7.72. The summed E-state index contributed by atoms with van der Waals surface area (Å²) in [5.41, 5.74) is -0.163. The minimum atomic E-state index is -1.10. The van der Waals surface area contributed by atoms with Crippen molar-refractivity contribution in [2.45, 2.75) is 52.2 Å². The van der Waals surface area contributed by atoms with E-state index >= 15 is 0 Å². The van der Waals surface area contributed by atoms with Crippen LogP contribution in [0, 0.1) is 30.1 Å². The molecule has 33 heavy (non-hydrogen) atoms. The van der Waals surface area contributed by atoms with Crippen LogP contribution in [0.15, 0.2) is 29.8 Å². The number of hydrogen-bond donors (Lipinski definition) is 1. The Kier molecular flexibility index (Phi) is 8.77. The van der Waals surface area contributed by atoms with Gasteiger partial charge in [-0.1, -0.05) is 49.2 Å². The predicted octanol–water partition coefficient (Wildman–Crippen LogP) is 5.31. The second-order valence-electron chi connectivity index (χ2n) is 9.68. The number of aliphatic hydroxyl groups is 1. The molecule has 3 rings (SSSR count). The molecular weight excluding hydrogens is 461 g/mol.